The highest BCUT2D eigenvalue weighted by atomic mass is 16.2. The Morgan fingerprint density at radius 1 is 1.23 bits per heavy atom. The molecular weight excluding hydrogens is 162 g/mol. The first-order valence-electron chi connectivity index (χ1n) is 5.29. The van der Waals surface area contributed by atoms with Crippen LogP contribution in [0.4, 0.5) is 0 Å². The molecule has 2 N–H and O–H groups in total. The summed E-state index contributed by atoms with van der Waals surface area (Å²) in [6.45, 7) is 8.42. The Morgan fingerprint density at radius 2 is 1.92 bits per heavy atom. The SMILES string of the molecule is C=C(CC)CNCCCCCCO. The van der Waals surface area contributed by atoms with Crippen molar-refractivity contribution in [3.8, 4) is 0 Å². The van der Waals surface area contributed by atoms with Crippen molar-refractivity contribution < 1.29 is 5.11 Å². The summed E-state index contributed by atoms with van der Waals surface area (Å²) in [5, 5.41) is 11.9. The molecule has 0 aliphatic rings. The van der Waals surface area contributed by atoms with E-state index in [1.165, 1.54) is 18.4 Å². The zero-order valence-corrected chi connectivity index (χ0v) is 8.81. The van der Waals surface area contributed by atoms with Crippen molar-refractivity contribution in [2.24, 2.45) is 0 Å². The smallest absolute Gasteiger partial charge is 0.0431 e. The van der Waals surface area contributed by atoms with E-state index < -0.39 is 0 Å². The molecule has 0 saturated heterocycles. The summed E-state index contributed by atoms with van der Waals surface area (Å²) < 4.78 is 0. The highest BCUT2D eigenvalue weighted by molar-refractivity contribution is 4.94. The molecule has 0 radical (unpaired) electrons. The Morgan fingerprint density at radius 3 is 2.54 bits per heavy atom. The molecule has 78 valence electrons. The maximum atomic E-state index is 8.55. The summed E-state index contributed by atoms with van der Waals surface area (Å²) >= 11 is 0. The van der Waals surface area contributed by atoms with Crippen molar-refractivity contribution in [1.82, 2.24) is 5.32 Å². The number of aliphatic hydroxyl groups excluding tert-OH is 1. The zero-order chi connectivity index (χ0) is 9.94. The first-order valence-corrected chi connectivity index (χ1v) is 5.29. The van der Waals surface area contributed by atoms with Crippen molar-refractivity contribution in [2.45, 2.75) is 39.0 Å². The average molecular weight is 185 g/mol. The van der Waals surface area contributed by atoms with Gasteiger partial charge in [-0.3, -0.25) is 0 Å². The molecule has 13 heavy (non-hydrogen) atoms. The first kappa shape index (κ1) is 12.7. The molecule has 0 spiro atoms. The van der Waals surface area contributed by atoms with Gasteiger partial charge in [-0.05, 0) is 25.8 Å². The Hall–Kier alpha value is -0.340. The van der Waals surface area contributed by atoms with Gasteiger partial charge in [-0.1, -0.05) is 31.9 Å². The summed E-state index contributed by atoms with van der Waals surface area (Å²) in [5.41, 5.74) is 1.27. The lowest BCUT2D eigenvalue weighted by molar-refractivity contribution is 0.282. The van der Waals surface area contributed by atoms with Gasteiger partial charge in [0.25, 0.3) is 0 Å². The molecule has 0 fully saturated rings. The van der Waals surface area contributed by atoms with Gasteiger partial charge in [0.15, 0.2) is 0 Å². The summed E-state index contributed by atoms with van der Waals surface area (Å²) in [6, 6.07) is 0. The van der Waals surface area contributed by atoms with E-state index in [0.717, 1.165) is 32.4 Å². The fourth-order valence-electron chi connectivity index (χ4n) is 1.11. The van der Waals surface area contributed by atoms with Gasteiger partial charge in [0.1, 0.15) is 0 Å². The van der Waals surface area contributed by atoms with Crippen molar-refractivity contribution in [1.29, 1.82) is 0 Å². The minimum Gasteiger partial charge on any atom is -0.396 e. The summed E-state index contributed by atoms with van der Waals surface area (Å²) in [7, 11) is 0. The topological polar surface area (TPSA) is 32.3 Å². The van der Waals surface area contributed by atoms with Crippen LogP contribution in [0.3, 0.4) is 0 Å². The van der Waals surface area contributed by atoms with Crippen LogP contribution in [0.15, 0.2) is 12.2 Å². The molecule has 0 aliphatic heterocycles. The molecule has 0 unspecified atom stereocenters. The van der Waals surface area contributed by atoms with Crippen LogP contribution >= 0.6 is 0 Å². The number of rotatable bonds is 9. The number of nitrogens with one attached hydrogen (secondary N) is 1. The molecule has 0 amide bonds. The van der Waals surface area contributed by atoms with Crippen LogP contribution in [-0.4, -0.2) is 24.8 Å². The quantitative estimate of drug-likeness (QED) is 0.426. The molecule has 0 aliphatic carbocycles. The predicted molar refractivity (Wildman–Crippen MR) is 57.9 cm³/mol. The molecule has 0 bridgehead atoms. The summed E-state index contributed by atoms with van der Waals surface area (Å²) in [6.07, 6.45) is 5.58. The van der Waals surface area contributed by atoms with E-state index in [1.807, 2.05) is 0 Å². The third-order valence-corrected chi connectivity index (χ3v) is 2.14. The van der Waals surface area contributed by atoms with E-state index in [1.54, 1.807) is 0 Å². The largest absolute Gasteiger partial charge is 0.396 e. The van der Waals surface area contributed by atoms with Crippen molar-refractivity contribution in [3.05, 3.63) is 12.2 Å². The van der Waals surface area contributed by atoms with Crippen molar-refractivity contribution in [2.75, 3.05) is 19.7 Å². The molecule has 0 heterocycles. The van der Waals surface area contributed by atoms with Crippen LogP contribution in [0.5, 0.6) is 0 Å². The van der Waals surface area contributed by atoms with E-state index in [0.29, 0.717) is 6.61 Å². The Balaban J connectivity index is 2.95. The second-order valence-electron chi connectivity index (χ2n) is 3.42. The zero-order valence-electron chi connectivity index (χ0n) is 8.81. The molecule has 2 nitrogen and oxygen atoms in total. The minimum absolute atomic E-state index is 0.333. The molecule has 0 atom stereocenters. The standard InChI is InChI=1S/C11H23NO/c1-3-11(2)10-12-8-6-4-5-7-9-13/h12-13H,2-10H2,1H3. The fourth-order valence-corrected chi connectivity index (χ4v) is 1.11. The minimum atomic E-state index is 0.333. The lowest BCUT2D eigenvalue weighted by Crippen LogP contribution is -2.17. The van der Waals surface area contributed by atoms with Crippen LogP contribution in [0, 0.1) is 0 Å². The Labute approximate surface area is 82.0 Å². The van der Waals surface area contributed by atoms with E-state index in [2.05, 4.69) is 18.8 Å². The van der Waals surface area contributed by atoms with Gasteiger partial charge >= 0.3 is 0 Å². The second-order valence-corrected chi connectivity index (χ2v) is 3.42. The molecule has 0 aromatic heterocycles. The monoisotopic (exact) mass is 185 g/mol. The lowest BCUT2D eigenvalue weighted by Gasteiger charge is -2.05. The van der Waals surface area contributed by atoms with Gasteiger partial charge in [-0.2, -0.15) is 0 Å². The number of hydrogen-bond donors (Lipinski definition) is 2. The van der Waals surface area contributed by atoms with Crippen LogP contribution < -0.4 is 5.32 Å². The van der Waals surface area contributed by atoms with E-state index in [4.69, 9.17) is 5.11 Å². The van der Waals surface area contributed by atoms with Gasteiger partial charge in [0, 0.05) is 13.2 Å². The average Bonchev–Trinajstić information content (AvgIpc) is 2.16. The Kier molecular flexibility index (Phi) is 9.49. The normalized spacial score (nSPS) is 10.3. The maximum Gasteiger partial charge on any atom is 0.0431 e. The van der Waals surface area contributed by atoms with E-state index >= 15 is 0 Å². The molecular formula is C11H23NO. The highest BCUT2D eigenvalue weighted by Gasteiger charge is 1.91. The number of unbranched alkanes of at least 4 members (excludes halogenated alkanes) is 3. The fraction of sp³-hybridized carbons (Fsp3) is 0.818. The molecule has 0 aromatic rings. The van der Waals surface area contributed by atoms with Gasteiger partial charge in [-0.25, -0.2) is 0 Å². The first-order chi connectivity index (χ1) is 6.31. The van der Waals surface area contributed by atoms with Crippen LogP contribution in [-0.2, 0) is 0 Å². The third kappa shape index (κ3) is 9.57. The third-order valence-electron chi connectivity index (χ3n) is 2.14. The predicted octanol–water partition coefficient (Wildman–Crippen LogP) is 2.09. The maximum absolute atomic E-state index is 8.55. The van der Waals surface area contributed by atoms with Gasteiger partial charge in [0.2, 0.25) is 0 Å². The summed E-state index contributed by atoms with van der Waals surface area (Å²) in [4.78, 5) is 0. The van der Waals surface area contributed by atoms with Crippen molar-refractivity contribution in [3.63, 3.8) is 0 Å². The molecule has 0 saturated carbocycles. The van der Waals surface area contributed by atoms with Crippen molar-refractivity contribution >= 4 is 0 Å². The van der Waals surface area contributed by atoms with Crippen LogP contribution in [0.25, 0.3) is 0 Å². The summed E-state index contributed by atoms with van der Waals surface area (Å²) in [5.74, 6) is 0. The van der Waals surface area contributed by atoms with E-state index in [9.17, 15) is 0 Å². The molecule has 0 aromatic carbocycles. The lowest BCUT2D eigenvalue weighted by atomic mass is 10.2. The van der Waals surface area contributed by atoms with Gasteiger partial charge in [-0.15, -0.1) is 0 Å². The highest BCUT2D eigenvalue weighted by Crippen LogP contribution is 1.98. The van der Waals surface area contributed by atoms with Crippen LogP contribution in [0.2, 0.25) is 0 Å². The molecule has 0 rings (SSSR count). The van der Waals surface area contributed by atoms with Gasteiger partial charge in [0.05, 0.1) is 0 Å². The molecule has 2 heteroatoms. The van der Waals surface area contributed by atoms with E-state index in [-0.39, 0.29) is 0 Å². The van der Waals surface area contributed by atoms with Gasteiger partial charge < -0.3 is 10.4 Å². The van der Waals surface area contributed by atoms with Crippen LogP contribution in [0.1, 0.15) is 39.0 Å². The second kappa shape index (κ2) is 9.75. The number of aliphatic hydroxyl groups is 1. The Bertz CT molecular complexity index is 123. The number of hydrogen-bond acceptors (Lipinski definition) is 2.